The fourth-order valence-corrected chi connectivity index (χ4v) is 5.19. The van der Waals surface area contributed by atoms with E-state index in [9.17, 15) is 0 Å². The molecule has 1 spiro atoms. The van der Waals surface area contributed by atoms with Gasteiger partial charge in [-0.05, 0) is 57.6 Å². The van der Waals surface area contributed by atoms with Crippen LogP contribution in [0.25, 0.3) is 0 Å². The minimum absolute atomic E-state index is 0.133. The smallest absolute Gasteiger partial charge is 0.125 e. The van der Waals surface area contributed by atoms with E-state index in [0.29, 0.717) is 5.92 Å². The Balaban J connectivity index is 1.62. The minimum Gasteiger partial charge on any atom is -0.487 e. The monoisotopic (exact) mass is 343 g/mol. The Hall–Kier alpha value is -1.06. The maximum atomic E-state index is 6.67. The van der Waals surface area contributed by atoms with Crippen molar-refractivity contribution in [1.82, 2.24) is 5.32 Å². The van der Waals surface area contributed by atoms with Gasteiger partial charge >= 0.3 is 0 Å². The highest BCUT2D eigenvalue weighted by molar-refractivity contribution is 5.39. The lowest BCUT2D eigenvalue weighted by Crippen LogP contribution is -2.58. The van der Waals surface area contributed by atoms with Gasteiger partial charge in [0.05, 0.1) is 12.7 Å². The molecule has 0 amide bonds. The summed E-state index contributed by atoms with van der Waals surface area (Å²) in [7, 11) is 0. The van der Waals surface area contributed by atoms with E-state index in [2.05, 4.69) is 50.4 Å². The van der Waals surface area contributed by atoms with E-state index in [1.165, 1.54) is 37.7 Å². The normalized spacial score (nSPS) is 37.0. The molecule has 3 heterocycles. The lowest BCUT2D eigenvalue weighted by molar-refractivity contribution is -0.154. The van der Waals surface area contributed by atoms with E-state index in [4.69, 9.17) is 9.47 Å². The number of hydrogen-bond acceptors (Lipinski definition) is 3. The number of hydrogen-bond donors (Lipinski definition) is 1. The summed E-state index contributed by atoms with van der Waals surface area (Å²) in [5.74, 6) is 2.21. The molecule has 1 unspecified atom stereocenters. The van der Waals surface area contributed by atoms with Gasteiger partial charge in [-0.3, -0.25) is 0 Å². The van der Waals surface area contributed by atoms with Gasteiger partial charge in [-0.1, -0.05) is 38.5 Å². The number of nitrogens with one attached hydrogen (secondary N) is 1. The molecule has 2 saturated heterocycles. The summed E-state index contributed by atoms with van der Waals surface area (Å²) in [5, 5.41) is 3.76. The molecule has 0 radical (unpaired) electrons. The van der Waals surface area contributed by atoms with Crippen LogP contribution < -0.4 is 10.1 Å². The van der Waals surface area contributed by atoms with Gasteiger partial charge in [-0.15, -0.1) is 0 Å². The average molecular weight is 344 g/mol. The molecule has 1 aromatic rings. The highest BCUT2D eigenvalue weighted by Crippen LogP contribution is 2.53. The van der Waals surface area contributed by atoms with Crippen LogP contribution in [0.1, 0.15) is 71.0 Å². The van der Waals surface area contributed by atoms with E-state index < -0.39 is 0 Å². The van der Waals surface area contributed by atoms with Gasteiger partial charge in [0.25, 0.3) is 0 Å². The Bertz CT molecular complexity index is 608. The van der Waals surface area contributed by atoms with Crippen LogP contribution in [0.4, 0.5) is 0 Å². The Morgan fingerprint density at radius 3 is 2.88 bits per heavy atom. The van der Waals surface area contributed by atoms with Crippen LogP contribution in [0.15, 0.2) is 24.3 Å². The highest BCUT2D eigenvalue weighted by atomic mass is 16.5. The number of para-hydroxylation sites is 1. The van der Waals surface area contributed by atoms with Gasteiger partial charge in [-0.25, -0.2) is 0 Å². The highest BCUT2D eigenvalue weighted by Gasteiger charge is 2.54. The van der Waals surface area contributed by atoms with Gasteiger partial charge in [0.15, 0.2) is 0 Å². The van der Waals surface area contributed by atoms with E-state index in [1.54, 1.807) is 0 Å². The predicted molar refractivity (Wildman–Crippen MR) is 101 cm³/mol. The summed E-state index contributed by atoms with van der Waals surface area (Å²) in [6.07, 6.45) is 7.45. The standard InChI is InChI=1S/C22H33NO2/c1-16(2)8-6-11-21(3)18-14-22(12-7-13-23-22)15-24-20(18)17-9-4-5-10-19(17)25-21/h4-5,9-10,16,18,20,23H,6-8,11-15H2,1-3H3/t18-,20+,21-,22?/m0/s1. The van der Waals surface area contributed by atoms with E-state index in [-0.39, 0.29) is 17.2 Å². The lowest BCUT2D eigenvalue weighted by Gasteiger charge is -2.53. The van der Waals surface area contributed by atoms with Crippen LogP contribution in [0.5, 0.6) is 5.75 Å². The zero-order chi connectivity index (χ0) is 17.5. The predicted octanol–water partition coefficient (Wildman–Crippen LogP) is 4.86. The topological polar surface area (TPSA) is 30.5 Å². The van der Waals surface area contributed by atoms with Gasteiger partial charge in [0.2, 0.25) is 0 Å². The van der Waals surface area contributed by atoms with E-state index in [1.807, 2.05) is 0 Å². The molecule has 1 aromatic carbocycles. The first kappa shape index (κ1) is 17.4. The molecule has 4 atom stereocenters. The summed E-state index contributed by atoms with van der Waals surface area (Å²) < 4.78 is 13.2. The Morgan fingerprint density at radius 2 is 2.12 bits per heavy atom. The zero-order valence-electron chi connectivity index (χ0n) is 16.0. The molecule has 0 bridgehead atoms. The van der Waals surface area contributed by atoms with Crippen molar-refractivity contribution in [2.24, 2.45) is 11.8 Å². The molecule has 1 N–H and O–H groups in total. The first-order chi connectivity index (χ1) is 12.0. The molecule has 3 aliphatic heterocycles. The SMILES string of the molecule is CC(C)CCC[C@]1(C)Oc2ccccc2[C@H]2OCC3(CCCN3)C[C@@H]21. The van der Waals surface area contributed by atoms with Crippen molar-refractivity contribution in [2.45, 2.75) is 76.5 Å². The fourth-order valence-electron chi connectivity index (χ4n) is 5.19. The Kier molecular flexibility index (Phi) is 4.57. The summed E-state index contributed by atoms with van der Waals surface area (Å²) in [5.41, 5.74) is 1.29. The molecule has 138 valence electrons. The first-order valence-corrected chi connectivity index (χ1v) is 10.2. The molecule has 25 heavy (non-hydrogen) atoms. The van der Waals surface area contributed by atoms with E-state index in [0.717, 1.165) is 31.2 Å². The summed E-state index contributed by atoms with van der Waals surface area (Å²) in [6, 6.07) is 8.51. The number of rotatable bonds is 4. The first-order valence-electron chi connectivity index (χ1n) is 10.2. The summed E-state index contributed by atoms with van der Waals surface area (Å²) in [4.78, 5) is 0. The molecule has 0 aromatic heterocycles. The average Bonchev–Trinajstić information content (AvgIpc) is 3.03. The van der Waals surface area contributed by atoms with Crippen LogP contribution in [0, 0.1) is 11.8 Å². The van der Waals surface area contributed by atoms with Crippen molar-refractivity contribution < 1.29 is 9.47 Å². The molecule has 0 aliphatic carbocycles. The quantitative estimate of drug-likeness (QED) is 0.846. The second kappa shape index (κ2) is 6.59. The van der Waals surface area contributed by atoms with E-state index >= 15 is 0 Å². The molecule has 4 rings (SSSR count). The van der Waals surface area contributed by atoms with Crippen LogP contribution in [0.3, 0.4) is 0 Å². The number of ether oxygens (including phenoxy) is 2. The summed E-state index contributed by atoms with van der Waals surface area (Å²) in [6.45, 7) is 8.91. The van der Waals surface area contributed by atoms with Gasteiger partial charge in [0.1, 0.15) is 11.4 Å². The maximum Gasteiger partial charge on any atom is 0.125 e. The summed E-state index contributed by atoms with van der Waals surface area (Å²) >= 11 is 0. The minimum atomic E-state index is -0.133. The molecule has 3 aliphatic rings. The fraction of sp³-hybridized carbons (Fsp3) is 0.727. The number of benzene rings is 1. The van der Waals surface area contributed by atoms with Gasteiger partial charge in [0, 0.05) is 17.0 Å². The van der Waals surface area contributed by atoms with Crippen molar-refractivity contribution in [1.29, 1.82) is 0 Å². The second-order valence-corrected chi connectivity index (χ2v) is 9.09. The van der Waals surface area contributed by atoms with Crippen molar-refractivity contribution in [3.63, 3.8) is 0 Å². The van der Waals surface area contributed by atoms with Crippen LogP contribution >= 0.6 is 0 Å². The van der Waals surface area contributed by atoms with Gasteiger partial charge in [-0.2, -0.15) is 0 Å². The third-order valence-electron chi connectivity index (χ3n) is 6.66. The second-order valence-electron chi connectivity index (χ2n) is 9.09. The number of fused-ring (bicyclic) bond motifs is 3. The van der Waals surface area contributed by atoms with Crippen LogP contribution in [-0.4, -0.2) is 24.3 Å². The van der Waals surface area contributed by atoms with Crippen LogP contribution in [-0.2, 0) is 4.74 Å². The molecule has 3 heteroatoms. The molecule has 3 nitrogen and oxygen atoms in total. The van der Waals surface area contributed by atoms with Crippen LogP contribution in [0.2, 0.25) is 0 Å². The Labute approximate surface area is 152 Å². The molecule has 0 saturated carbocycles. The third kappa shape index (κ3) is 3.21. The van der Waals surface area contributed by atoms with Gasteiger partial charge < -0.3 is 14.8 Å². The maximum absolute atomic E-state index is 6.67. The molecular weight excluding hydrogens is 310 g/mol. The Morgan fingerprint density at radius 1 is 1.28 bits per heavy atom. The van der Waals surface area contributed by atoms with Crippen molar-refractivity contribution in [3.8, 4) is 5.75 Å². The van der Waals surface area contributed by atoms with Crippen molar-refractivity contribution >= 4 is 0 Å². The largest absolute Gasteiger partial charge is 0.487 e. The van der Waals surface area contributed by atoms with Crippen molar-refractivity contribution in [2.75, 3.05) is 13.2 Å². The lowest BCUT2D eigenvalue weighted by atomic mass is 9.68. The third-order valence-corrected chi connectivity index (χ3v) is 6.66. The molecule has 2 fully saturated rings. The zero-order valence-corrected chi connectivity index (χ0v) is 16.0. The molecular formula is C22H33NO2. The van der Waals surface area contributed by atoms with Crippen molar-refractivity contribution in [3.05, 3.63) is 29.8 Å².